The summed E-state index contributed by atoms with van der Waals surface area (Å²) in [5, 5.41) is 24.2. The summed E-state index contributed by atoms with van der Waals surface area (Å²) in [4.78, 5) is 14.5. The molecule has 15 heavy (non-hydrogen) atoms. The Morgan fingerprint density at radius 3 is 2.40 bits per heavy atom. The number of non-ortho nitro benzene ring substituents is 1. The number of hydrogen-bond donors (Lipinski definition) is 0. The highest BCUT2D eigenvalue weighted by atomic mass is 16.9. The van der Waals surface area contributed by atoms with Crippen LogP contribution in [-0.4, -0.2) is 17.0 Å². The van der Waals surface area contributed by atoms with Gasteiger partial charge in [0.05, 0.1) is 18.6 Å². The van der Waals surface area contributed by atoms with Crippen LogP contribution in [0.15, 0.2) is 29.4 Å². The second kappa shape index (κ2) is 4.89. The molecule has 1 aromatic rings. The highest BCUT2D eigenvalue weighted by Crippen LogP contribution is 2.12. The van der Waals surface area contributed by atoms with E-state index in [-0.39, 0.29) is 17.3 Å². The van der Waals surface area contributed by atoms with Gasteiger partial charge in [0, 0.05) is 17.2 Å². The minimum atomic E-state index is -0.494. The van der Waals surface area contributed by atoms with E-state index in [1.165, 1.54) is 31.3 Å². The van der Waals surface area contributed by atoms with Crippen molar-refractivity contribution in [1.29, 1.82) is 0 Å². The minimum Gasteiger partial charge on any atom is -0.376 e. The number of nitrogens with zero attached hydrogens (tertiary/aromatic N) is 3. The van der Waals surface area contributed by atoms with E-state index in [4.69, 9.17) is 0 Å². The van der Waals surface area contributed by atoms with Crippen molar-refractivity contribution in [3.8, 4) is 0 Å². The Kier molecular flexibility index (Phi) is 3.55. The molecular formula is C8H9N3O4. The lowest BCUT2D eigenvalue weighted by Crippen LogP contribution is -2.02. The predicted molar refractivity (Wildman–Crippen MR) is 49.9 cm³/mol. The summed E-state index contributed by atoms with van der Waals surface area (Å²) in [7, 11) is 1.29. The third-order valence-electron chi connectivity index (χ3n) is 1.65. The molecule has 0 aliphatic rings. The van der Waals surface area contributed by atoms with Crippen LogP contribution in [0, 0.1) is 15.3 Å². The Bertz CT molecular complexity index is 374. The SMILES string of the molecule is CN=[N+]([O-])OCc1ccc([N+](=O)[O-])cc1. The standard InChI is InChI=1S/C8H9N3O4/c1-9-11(14)15-6-7-2-4-8(5-3-7)10(12)13/h2-5H,6H2,1H3. The fraction of sp³-hybridized carbons (Fsp3) is 0.250. The largest absolute Gasteiger partial charge is 0.376 e. The summed E-state index contributed by atoms with van der Waals surface area (Å²) in [5.41, 5.74) is 0.656. The van der Waals surface area contributed by atoms with Gasteiger partial charge in [-0.1, -0.05) is 12.1 Å². The molecule has 0 aliphatic heterocycles. The Balaban J connectivity index is 2.61. The third-order valence-corrected chi connectivity index (χ3v) is 1.65. The van der Waals surface area contributed by atoms with Gasteiger partial charge in [-0.15, -0.1) is 0 Å². The van der Waals surface area contributed by atoms with Crippen molar-refractivity contribution >= 4 is 5.69 Å². The van der Waals surface area contributed by atoms with Crippen molar-refractivity contribution < 1.29 is 14.8 Å². The van der Waals surface area contributed by atoms with Gasteiger partial charge in [-0.2, -0.15) is 0 Å². The van der Waals surface area contributed by atoms with E-state index in [0.29, 0.717) is 5.56 Å². The highest BCUT2D eigenvalue weighted by Gasteiger charge is 2.03. The van der Waals surface area contributed by atoms with E-state index < -0.39 is 4.92 Å². The van der Waals surface area contributed by atoms with Crippen LogP contribution in [0.5, 0.6) is 0 Å². The lowest BCUT2D eigenvalue weighted by molar-refractivity contribution is -0.794. The van der Waals surface area contributed by atoms with Crippen molar-refractivity contribution in [3.05, 3.63) is 45.2 Å². The zero-order valence-corrected chi connectivity index (χ0v) is 7.99. The molecular weight excluding hydrogens is 202 g/mol. The summed E-state index contributed by atoms with van der Waals surface area (Å²) in [5.74, 6) is 0. The van der Waals surface area contributed by atoms with Crippen molar-refractivity contribution in [2.75, 3.05) is 7.05 Å². The van der Waals surface area contributed by atoms with Gasteiger partial charge in [0.2, 0.25) is 0 Å². The van der Waals surface area contributed by atoms with E-state index in [0.717, 1.165) is 0 Å². The van der Waals surface area contributed by atoms with Crippen molar-refractivity contribution in [2.24, 2.45) is 5.11 Å². The van der Waals surface area contributed by atoms with E-state index in [2.05, 4.69) is 9.95 Å². The maximum absolute atomic E-state index is 10.6. The van der Waals surface area contributed by atoms with Gasteiger partial charge in [-0.3, -0.25) is 10.1 Å². The van der Waals surface area contributed by atoms with E-state index in [1.807, 2.05) is 0 Å². The smallest absolute Gasteiger partial charge is 0.269 e. The molecule has 1 aromatic carbocycles. The normalized spacial score (nSPS) is 11.1. The zero-order chi connectivity index (χ0) is 11.3. The molecule has 0 amide bonds. The first-order valence-corrected chi connectivity index (χ1v) is 4.06. The number of nitro benzene ring substituents is 1. The molecule has 80 valence electrons. The molecule has 0 atom stereocenters. The van der Waals surface area contributed by atoms with Gasteiger partial charge < -0.3 is 4.84 Å². The average molecular weight is 211 g/mol. The van der Waals surface area contributed by atoms with Crippen LogP contribution in [0.2, 0.25) is 0 Å². The van der Waals surface area contributed by atoms with Crippen LogP contribution in [0.4, 0.5) is 5.69 Å². The monoisotopic (exact) mass is 211 g/mol. The zero-order valence-electron chi connectivity index (χ0n) is 7.99. The Labute approximate surface area is 85.3 Å². The second-order valence-corrected chi connectivity index (χ2v) is 2.63. The molecule has 0 spiro atoms. The number of rotatable bonds is 4. The fourth-order valence-corrected chi connectivity index (χ4v) is 0.901. The molecule has 7 heteroatoms. The number of hydrogen-bond acceptors (Lipinski definition) is 5. The lowest BCUT2D eigenvalue weighted by atomic mass is 10.2. The summed E-state index contributed by atoms with van der Waals surface area (Å²) in [6, 6.07) is 5.72. The quantitative estimate of drug-likeness (QED) is 0.429. The van der Waals surface area contributed by atoms with Crippen LogP contribution in [0.3, 0.4) is 0 Å². The third kappa shape index (κ3) is 3.22. The molecule has 0 saturated heterocycles. The van der Waals surface area contributed by atoms with Crippen molar-refractivity contribution in [1.82, 2.24) is 0 Å². The predicted octanol–water partition coefficient (Wildman–Crippen LogP) is 1.62. The highest BCUT2D eigenvalue weighted by molar-refractivity contribution is 5.32. The molecule has 0 saturated carbocycles. The summed E-state index contributed by atoms with van der Waals surface area (Å²) in [6.45, 7) is 0.0266. The summed E-state index contributed by atoms with van der Waals surface area (Å²) in [6.07, 6.45) is 0. The lowest BCUT2D eigenvalue weighted by Gasteiger charge is -2.02. The Morgan fingerprint density at radius 2 is 1.93 bits per heavy atom. The summed E-state index contributed by atoms with van der Waals surface area (Å²) >= 11 is 0. The molecule has 0 N–H and O–H groups in total. The summed E-state index contributed by atoms with van der Waals surface area (Å²) < 4.78 is 0. The van der Waals surface area contributed by atoms with E-state index in [1.54, 1.807) is 0 Å². The van der Waals surface area contributed by atoms with Crippen LogP contribution in [-0.2, 0) is 11.4 Å². The minimum absolute atomic E-state index is 0.00194. The van der Waals surface area contributed by atoms with E-state index in [9.17, 15) is 15.3 Å². The molecule has 0 aromatic heterocycles. The first-order valence-electron chi connectivity index (χ1n) is 4.06. The van der Waals surface area contributed by atoms with Crippen molar-refractivity contribution in [3.63, 3.8) is 0 Å². The molecule has 0 radical (unpaired) electrons. The first kappa shape index (κ1) is 10.9. The molecule has 1 rings (SSSR count). The maximum atomic E-state index is 10.6. The molecule has 0 heterocycles. The van der Waals surface area contributed by atoms with Crippen LogP contribution < -0.4 is 0 Å². The number of nitro groups is 1. The van der Waals surface area contributed by atoms with Crippen molar-refractivity contribution in [2.45, 2.75) is 6.61 Å². The molecule has 0 fully saturated rings. The Morgan fingerprint density at radius 1 is 1.33 bits per heavy atom. The van der Waals surface area contributed by atoms with Gasteiger partial charge in [0.1, 0.15) is 0 Å². The number of benzene rings is 1. The van der Waals surface area contributed by atoms with Gasteiger partial charge in [0.25, 0.3) is 5.69 Å². The van der Waals surface area contributed by atoms with Crippen LogP contribution in [0.25, 0.3) is 0 Å². The van der Waals surface area contributed by atoms with Gasteiger partial charge in [0.15, 0.2) is 5.02 Å². The average Bonchev–Trinajstić information content (AvgIpc) is 2.26. The van der Waals surface area contributed by atoms with E-state index >= 15 is 0 Å². The van der Waals surface area contributed by atoms with Crippen LogP contribution in [0.1, 0.15) is 5.56 Å². The first-order chi connectivity index (χ1) is 7.13. The fourth-order valence-electron chi connectivity index (χ4n) is 0.901. The topological polar surface area (TPSA) is 90.8 Å². The maximum Gasteiger partial charge on any atom is 0.269 e. The molecule has 0 bridgehead atoms. The second-order valence-electron chi connectivity index (χ2n) is 2.63. The van der Waals surface area contributed by atoms with Gasteiger partial charge in [-0.25, -0.2) is 5.21 Å². The molecule has 7 nitrogen and oxygen atoms in total. The van der Waals surface area contributed by atoms with Gasteiger partial charge >= 0.3 is 0 Å². The molecule has 0 aliphatic carbocycles. The van der Waals surface area contributed by atoms with Gasteiger partial charge in [-0.05, 0) is 5.56 Å². The Hall–Kier alpha value is -2.18. The van der Waals surface area contributed by atoms with Crippen LogP contribution >= 0.6 is 0 Å². The molecule has 0 unspecified atom stereocenters.